The molecule has 0 fully saturated rings. The molecule has 0 saturated carbocycles. The zero-order valence-electron chi connectivity index (χ0n) is 17.3. The summed E-state index contributed by atoms with van der Waals surface area (Å²) in [6.45, 7) is 1.39. The molecule has 0 aliphatic carbocycles. The molecule has 5 heteroatoms. The minimum Gasteiger partial charge on any atom is -0.504 e. The van der Waals surface area contributed by atoms with Crippen molar-refractivity contribution in [2.45, 2.75) is 25.4 Å². The Morgan fingerprint density at radius 1 is 1.12 bits per heavy atom. The van der Waals surface area contributed by atoms with E-state index in [1.165, 1.54) is 7.11 Å². The fraction of sp³-hybridized carbons (Fsp3) is 0.400. The van der Waals surface area contributed by atoms with Gasteiger partial charge in [-0.1, -0.05) is 6.07 Å². The van der Waals surface area contributed by atoms with Crippen LogP contribution in [0.1, 0.15) is 32.4 Å². The van der Waals surface area contributed by atoms with Crippen molar-refractivity contribution in [3.05, 3.63) is 46.5 Å². The maximum Gasteiger partial charge on any atom is 0.165 e. The number of phenols is 1. The fourth-order valence-corrected chi connectivity index (χ4v) is 4.06. The van der Waals surface area contributed by atoms with E-state index in [0.717, 1.165) is 41.6 Å². The zero-order chi connectivity index (χ0) is 20.1. The first-order valence-corrected chi connectivity index (χ1v) is 8.32. The number of rotatable bonds is 3. The Bertz CT molecular complexity index is 913. The van der Waals surface area contributed by atoms with Gasteiger partial charge in [0.2, 0.25) is 0 Å². The monoisotopic (exact) mass is 344 g/mol. The molecule has 5 nitrogen and oxygen atoms in total. The largest absolute Gasteiger partial charge is 0.504 e. The summed E-state index contributed by atoms with van der Waals surface area (Å²) in [6.07, 6.45) is 1.52. The molecule has 0 radical (unpaired) electrons. The van der Waals surface area contributed by atoms with Gasteiger partial charge in [0.1, 0.15) is 0 Å². The molecule has 0 spiro atoms. The Morgan fingerprint density at radius 3 is 2.72 bits per heavy atom. The number of fused-ring (bicyclic) bond motifs is 4. The van der Waals surface area contributed by atoms with Crippen LogP contribution in [0.3, 0.4) is 0 Å². The van der Waals surface area contributed by atoms with Crippen molar-refractivity contribution in [1.29, 1.82) is 0 Å². The number of phenolic OH excluding ortho intramolecular Hbond substituents is 1. The van der Waals surface area contributed by atoms with Crippen LogP contribution >= 0.6 is 0 Å². The van der Waals surface area contributed by atoms with E-state index in [2.05, 4.69) is 4.90 Å². The molecule has 2 aromatic rings. The second-order valence-corrected chi connectivity index (χ2v) is 6.50. The van der Waals surface area contributed by atoms with E-state index in [1.807, 2.05) is 12.1 Å². The molecule has 2 aromatic carbocycles. The van der Waals surface area contributed by atoms with Gasteiger partial charge in [-0.15, -0.1) is 0 Å². The van der Waals surface area contributed by atoms with Crippen molar-refractivity contribution in [1.82, 2.24) is 4.90 Å². The molecule has 1 N–H and O–H groups in total. The molecule has 2 aliphatic rings. The first-order chi connectivity index (χ1) is 13.3. The Morgan fingerprint density at radius 2 is 1.96 bits per heavy atom. The topological polar surface area (TPSA) is 51.2 Å². The van der Waals surface area contributed by atoms with Gasteiger partial charge in [-0.2, -0.15) is 0 Å². The van der Waals surface area contributed by atoms with Crippen molar-refractivity contribution in [2.24, 2.45) is 0 Å². The molecule has 1 atom stereocenters. The third kappa shape index (κ3) is 2.50. The fourth-order valence-electron chi connectivity index (χ4n) is 4.06. The zero-order valence-corrected chi connectivity index (χ0v) is 14.3. The summed E-state index contributed by atoms with van der Waals surface area (Å²) in [5, 5.41) is 10.1. The van der Waals surface area contributed by atoms with Crippen LogP contribution in [0.4, 0.5) is 0 Å². The second kappa shape index (κ2) is 6.15. The Kier molecular flexibility index (Phi) is 3.17. The molecule has 2 aliphatic heterocycles. The van der Waals surface area contributed by atoms with E-state index in [4.69, 9.17) is 18.3 Å². The van der Waals surface area contributed by atoms with Gasteiger partial charge in [0.15, 0.2) is 23.0 Å². The van der Waals surface area contributed by atoms with E-state index in [-0.39, 0.29) is 11.8 Å². The molecular weight excluding hydrogens is 318 g/mol. The first-order valence-electron chi connectivity index (χ1n) is 9.82. The molecule has 132 valence electrons. The van der Waals surface area contributed by atoms with Gasteiger partial charge in [-0.3, -0.25) is 4.90 Å². The van der Waals surface area contributed by atoms with Gasteiger partial charge in [0.25, 0.3) is 0 Å². The average Bonchev–Trinajstić information content (AvgIpc) is 2.65. The minimum atomic E-state index is -2.54. The summed E-state index contributed by atoms with van der Waals surface area (Å²) in [5.74, 6) is 1.35. The highest BCUT2D eigenvalue weighted by Gasteiger charge is 2.34. The number of nitrogens with zero attached hydrogens (tertiary/aromatic N) is 1. The van der Waals surface area contributed by atoms with Crippen molar-refractivity contribution in [3.63, 3.8) is 0 Å². The van der Waals surface area contributed by atoms with Crippen molar-refractivity contribution >= 4 is 0 Å². The van der Waals surface area contributed by atoms with Gasteiger partial charge in [-0.05, 0) is 47.7 Å². The lowest BCUT2D eigenvalue weighted by Crippen LogP contribution is -2.39. The molecule has 0 bridgehead atoms. The quantitative estimate of drug-likeness (QED) is 0.927. The van der Waals surface area contributed by atoms with Crippen LogP contribution in [-0.4, -0.2) is 37.8 Å². The lowest BCUT2D eigenvalue weighted by atomic mass is 9.83. The van der Waals surface area contributed by atoms with Gasteiger partial charge in [-0.25, -0.2) is 0 Å². The van der Waals surface area contributed by atoms with Crippen molar-refractivity contribution in [3.8, 4) is 23.0 Å². The van der Waals surface area contributed by atoms with E-state index in [9.17, 15) is 5.11 Å². The smallest absolute Gasteiger partial charge is 0.165 e. The standard InChI is InChI=1S/C20H23NO4/c1-23-18-5-4-12-8-16-14-10-19(24-2)17(22)9-13(14)6-7-21(16)11-15(12)20(18)25-3/h4-5,9-10,16,22H,6-8,11H2,1-3H3/t16-/m0/s1/i3D3. The highest BCUT2D eigenvalue weighted by molar-refractivity contribution is 5.54. The van der Waals surface area contributed by atoms with Crippen LogP contribution in [-0.2, 0) is 19.4 Å². The summed E-state index contributed by atoms with van der Waals surface area (Å²) < 4.78 is 38.5. The summed E-state index contributed by atoms with van der Waals surface area (Å²) in [7, 11) is 0.511. The minimum absolute atomic E-state index is 0.139. The Hall–Kier alpha value is -2.40. The highest BCUT2D eigenvalue weighted by Crippen LogP contribution is 2.45. The third-order valence-corrected chi connectivity index (χ3v) is 5.33. The summed E-state index contributed by atoms with van der Waals surface area (Å²) >= 11 is 0. The van der Waals surface area contributed by atoms with Gasteiger partial charge >= 0.3 is 0 Å². The second-order valence-electron chi connectivity index (χ2n) is 6.50. The van der Waals surface area contributed by atoms with Gasteiger partial charge < -0.3 is 19.3 Å². The molecule has 0 aromatic heterocycles. The van der Waals surface area contributed by atoms with Crippen LogP contribution in [0.5, 0.6) is 23.0 Å². The lowest BCUT2D eigenvalue weighted by molar-refractivity contribution is 0.157. The predicted octanol–water partition coefficient (Wildman–Crippen LogP) is 3.07. The van der Waals surface area contributed by atoms with Gasteiger partial charge in [0.05, 0.1) is 25.4 Å². The third-order valence-electron chi connectivity index (χ3n) is 5.33. The normalized spacial score (nSPS) is 21.0. The molecule has 4 rings (SSSR count). The lowest BCUT2D eigenvalue weighted by Gasteiger charge is -2.42. The van der Waals surface area contributed by atoms with E-state index < -0.39 is 7.04 Å². The predicted molar refractivity (Wildman–Crippen MR) is 94.8 cm³/mol. The van der Waals surface area contributed by atoms with E-state index in [0.29, 0.717) is 23.8 Å². The van der Waals surface area contributed by atoms with E-state index >= 15 is 0 Å². The number of aromatic hydroxyl groups is 1. The van der Waals surface area contributed by atoms with E-state index in [1.54, 1.807) is 19.2 Å². The number of benzene rings is 2. The maximum absolute atomic E-state index is 10.1. The summed E-state index contributed by atoms with van der Waals surface area (Å²) in [4.78, 5) is 2.31. The van der Waals surface area contributed by atoms with Crippen molar-refractivity contribution < 1.29 is 23.4 Å². The first kappa shape index (κ1) is 12.9. The summed E-state index contributed by atoms with van der Waals surface area (Å²) in [5.41, 5.74) is 4.17. The average molecular weight is 344 g/mol. The van der Waals surface area contributed by atoms with Crippen molar-refractivity contribution in [2.75, 3.05) is 27.8 Å². The molecule has 0 amide bonds. The molecule has 0 unspecified atom stereocenters. The van der Waals surface area contributed by atoms with Crippen LogP contribution < -0.4 is 14.2 Å². The molecule has 2 heterocycles. The number of hydrogen-bond acceptors (Lipinski definition) is 5. The SMILES string of the molecule is [2H]C([2H])([2H])Oc1c(OC)ccc2c1CN1CCc3cc(O)c(OC)cc3[C@@H]1C2. The van der Waals surface area contributed by atoms with Crippen LogP contribution in [0, 0.1) is 0 Å². The molecular formula is C20H23NO4. The van der Waals surface area contributed by atoms with Crippen LogP contribution in [0.25, 0.3) is 0 Å². The molecule has 25 heavy (non-hydrogen) atoms. The highest BCUT2D eigenvalue weighted by atomic mass is 16.5. The number of hydrogen-bond donors (Lipinski definition) is 1. The Balaban J connectivity index is 1.76. The number of methoxy groups -OCH3 is 3. The summed E-state index contributed by atoms with van der Waals surface area (Å²) in [6, 6.07) is 7.58. The number of ether oxygens (including phenoxy) is 3. The van der Waals surface area contributed by atoms with Gasteiger partial charge in [0, 0.05) is 24.7 Å². The maximum atomic E-state index is 10.1. The Labute approximate surface area is 152 Å². The van der Waals surface area contributed by atoms with Crippen LogP contribution in [0.15, 0.2) is 24.3 Å². The van der Waals surface area contributed by atoms with Crippen LogP contribution in [0.2, 0.25) is 0 Å². The molecule has 0 saturated heterocycles.